The quantitative estimate of drug-likeness (QED) is 0.727. The molecule has 1 rings (SSSR count). The van der Waals surface area contributed by atoms with Crippen LogP contribution in [0.15, 0.2) is 18.2 Å². The van der Waals surface area contributed by atoms with E-state index in [9.17, 15) is 9.50 Å². The minimum atomic E-state index is -0.226. The highest BCUT2D eigenvalue weighted by atomic mass is 19.1. The highest BCUT2D eigenvalue weighted by molar-refractivity contribution is 5.55. The minimum Gasteiger partial charge on any atom is -0.395 e. The molecule has 0 fully saturated rings. The van der Waals surface area contributed by atoms with Gasteiger partial charge in [0.2, 0.25) is 0 Å². The standard InChI is InChI=1S/C15H25FN2O2/c1-4-17-12(2)15-13(16)6-5-7-14(15)18(8-10-19)9-11-20-3/h5-7,12,17,19H,4,8-11H2,1-3H3. The first-order valence-corrected chi connectivity index (χ1v) is 7.02. The summed E-state index contributed by atoms with van der Waals surface area (Å²) in [5, 5.41) is 12.4. The van der Waals surface area contributed by atoms with Crippen LogP contribution in [0.3, 0.4) is 0 Å². The van der Waals surface area contributed by atoms with E-state index in [2.05, 4.69) is 5.32 Å². The Kier molecular flexibility index (Phi) is 7.51. The number of anilines is 1. The zero-order valence-corrected chi connectivity index (χ0v) is 12.5. The lowest BCUT2D eigenvalue weighted by atomic mass is 10.0. The van der Waals surface area contributed by atoms with Gasteiger partial charge in [-0.1, -0.05) is 13.0 Å². The lowest BCUT2D eigenvalue weighted by Crippen LogP contribution is -2.32. The Hall–Kier alpha value is -1.17. The lowest BCUT2D eigenvalue weighted by molar-refractivity contribution is 0.202. The van der Waals surface area contributed by atoms with Gasteiger partial charge in [-0.3, -0.25) is 0 Å². The average molecular weight is 284 g/mol. The van der Waals surface area contributed by atoms with Crippen molar-refractivity contribution in [1.29, 1.82) is 0 Å². The van der Waals surface area contributed by atoms with Crippen molar-refractivity contribution in [3.05, 3.63) is 29.6 Å². The number of nitrogens with zero attached hydrogens (tertiary/aromatic N) is 1. The molecule has 1 aromatic carbocycles. The van der Waals surface area contributed by atoms with E-state index >= 15 is 0 Å². The molecule has 0 aliphatic heterocycles. The average Bonchev–Trinajstić information content (AvgIpc) is 2.43. The van der Waals surface area contributed by atoms with Gasteiger partial charge in [-0.2, -0.15) is 0 Å². The zero-order chi connectivity index (χ0) is 15.0. The molecule has 0 radical (unpaired) electrons. The summed E-state index contributed by atoms with van der Waals surface area (Å²) >= 11 is 0. The Morgan fingerprint density at radius 3 is 2.75 bits per heavy atom. The van der Waals surface area contributed by atoms with Crippen LogP contribution >= 0.6 is 0 Å². The molecule has 1 aromatic rings. The first-order valence-electron chi connectivity index (χ1n) is 7.02. The second-order valence-corrected chi connectivity index (χ2v) is 4.66. The summed E-state index contributed by atoms with van der Waals surface area (Å²) in [6, 6.07) is 4.97. The van der Waals surface area contributed by atoms with Gasteiger partial charge in [-0.15, -0.1) is 0 Å². The van der Waals surface area contributed by atoms with Crippen molar-refractivity contribution >= 4 is 5.69 Å². The van der Waals surface area contributed by atoms with E-state index in [-0.39, 0.29) is 18.5 Å². The molecule has 0 saturated heterocycles. The second kappa shape index (κ2) is 8.89. The van der Waals surface area contributed by atoms with Crippen molar-refractivity contribution < 1.29 is 14.2 Å². The van der Waals surface area contributed by atoms with Gasteiger partial charge in [-0.05, 0) is 25.6 Å². The molecular weight excluding hydrogens is 259 g/mol. The molecule has 0 amide bonds. The van der Waals surface area contributed by atoms with E-state index in [0.29, 0.717) is 25.3 Å². The van der Waals surface area contributed by atoms with Crippen LogP contribution in [0.5, 0.6) is 0 Å². The first kappa shape index (κ1) is 16.9. The van der Waals surface area contributed by atoms with E-state index in [1.807, 2.05) is 24.8 Å². The SMILES string of the molecule is CCNC(C)c1c(F)cccc1N(CCO)CCOC. The van der Waals surface area contributed by atoms with E-state index < -0.39 is 0 Å². The van der Waals surface area contributed by atoms with Crippen molar-refractivity contribution in [2.45, 2.75) is 19.9 Å². The number of hydrogen-bond acceptors (Lipinski definition) is 4. The summed E-state index contributed by atoms with van der Waals surface area (Å²) in [4.78, 5) is 1.95. The zero-order valence-electron chi connectivity index (χ0n) is 12.5. The maximum atomic E-state index is 14.2. The number of aliphatic hydroxyl groups excluding tert-OH is 1. The van der Waals surface area contributed by atoms with Crippen molar-refractivity contribution in [3.8, 4) is 0 Å². The van der Waals surface area contributed by atoms with E-state index in [1.165, 1.54) is 6.07 Å². The third kappa shape index (κ3) is 4.44. The summed E-state index contributed by atoms with van der Waals surface area (Å²) in [5.41, 5.74) is 1.45. The number of halogens is 1. The monoisotopic (exact) mass is 284 g/mol. The van der Waals surface area contributed by atoms with Gasteiger partial charge in [-0.25, -0.2) is 4.39 Å². The first-order chi connectivity index (χ1) is 9.65. The fraction of sp³-hybridized carbons (Fsp3) is 0.600. The summed E-state index contributed by atoms with van der Waals surface area (Å²) in [6.07, 6.45) is 0. The summed E-state index contributed by atoms with van der Waals surface area (Å²) in [7, 11) is 1.63. The number of nitrogens with one attached hydrogen (secondary N) is 1. The molecule has 114 valence electrons. The number of rotatable bonds is 9. The Morgan fingerprint density at radius 2 is 2.15 bits per heavy atom. The Bertz CT molecular complexity index is 401. The van der Waals surface area contributed by atoms with E-state index in [4.69, 9.17) is 4.74 Å². The molecule has 1 atom stereocenters. The van der Waals surface area contributed by atoms with Gasteiger partial charge in [0.1, 0.15) is 5.82 Å². The summed E-state index contributed by atoms with van der Waals surface area (Å²) in [6.45, 7) is 6.34. The van der Waals surface area contributed by atoms with Crippen molar-refractivity contribution in [3.63, 3.8) is 0 Å². The van der Waals surface area contributed by atoms with Gasteiger partial charge in [0, 0.05) is 37.5 Å². The van der Waals surface area contributed by atoms with Gasteiger partial charge >= 0.3 is 0 Å². The van der Waals surface area contributed by atoms with Crippen molar-refractivity contribution in [2.24, 2.45) is 0 Å². The molecule has 0 bridgehead atoms. The van der Waals surface area contributed by atoms with Crippen LogP contribution in [0.1, 0.15) is 25.5 Å². The number of methoxy groups -OCH3 is 1. The molecule has 0 aliphatic carbocycles. The predicted molar refractivity (Wildman–Crippen MR) is 79.7 cm³/mol. The second-order valence-electron chi connectivity index (χ2n) is 4.66. The number of hydrogen-bond donors (Lipinski definition) is 2. The Morgan fingerprint density at radius 1 is 1.40 bits per heavy atom. The number of benzene rings is 1. The van der Waals surface area contributed by atoms with Crippen molar-refractivity contribution in [1.82, 2.24) is 5.32 Å². The minimum absolute atomic E-state index is 0.0231. The lowest BCUT2D eigenvalue weighted by Gasteiger charge is -2.28. The van der Waals surface area contributed by atoms with Gasteiger partial charge in [0.15, 0.2) is 0 Å². The third-order valence-corrected chi connectivity index (χ3v) is 3.25. The van der Waals surface area contributed by atoms with E-state index in [1.54, 1.807) is 13.2 Å². The maximum Gasteiger partial charge on any atom is 0.130 e. The molecule has 0 heterocycles. The van der Waals surface area contributed by atoms with Crippen LogP contribution in [0.25, 0.3) is 0 Å². The molecule has 5 heteroatoms. The third-order valence-electron chi connectivity index (χ3n) is 3.25. The molecule has 0 aliphatic rings. The van der Waals surface area contributed by atoms with Crippen molar-refractivity contribution in [2.75, 3.05) is 44.9 Å². The molecule has 0 saturated carbocycles. The van der Waals surface area contributed by atoms with Crippen LogP contribution in [0.2, 0.25) is 0 Å². The van der Waals surface area contributed by atoms with Gasteiger partial charge in [0.05, 0.1) is 13.2 Å². The molecule has 1 unspecified atom stereocenters. The molecule has 4 nitrogen and oxygen atoms in total. The molecular formula is C15H25FN2O2. The predicted octanol–water partition coefficient (Wildman–Crippen LogP) is 1.94. The number of aliphatic hydroxyl groups is 1. The van der Waals surface area contributed by atoms with Gasteiger partial charge in [0.25, 0.3) is 0 Å². The molecule has 0 spiro atoms. The summed E-state index contributed by atoms with van der Waals surface area (Å²) < 4.78 is 19.3. The van der Waals surface area contributed by atoms with Crippen LogP contribution in [-0.4, -0.2) is 45.1 Å². The normalized spacial score (nSPS) is 12.4. The molecule has 2 N–H and O–H groups in total. The highest BCUT2D eigenvalue weighted by Crippen LogP contribution is 2.28. The largest absolute Gasteiger partial charge is 0.395 e. The van der Waals surface area contributed by atoms with Crippen LogP contribution in [-0.2, 0) is 4.74 Å². The Balaban J connectivity index is 3.09. The fourth-order valence-electron chi connectivity index (χ4n) is 2.31. The number of ether oxygens (including phenoxy) is 1. The van der Waals surface area contributed by atoms with Crippen LogP contribution in [0, 0.1) is 5.82 Å². The van der Waals surface area contributed by atoms with Crippen LogP contribution < -0.4 is 10.2 Å². The van der Waals surface area contributed by atoms with E-state index in [0.717, 1.165) is 12.2 Å². The molecule has 20 heavy (non-hydrogen) atoms. The summed E-state index contributed by atoms with van der Waals surface area (Å²) in [5.74, 6) is -0.226. The Labute approximate surface area is 120 Å². The van der Waals surface area contributed by atoms with Gasteiger partial charge < -0.3 is 20.1 Å². The highest BCUT2D eigenvalue weighted by Gasteiger charge is 2.18. The smallest absolute Gasteiger partial charge is 0.130 e. The maximum absolute atomic E-state index is 14.2. The fourth-order valence-corrected chi connectivity index (χ4v) is 2.31. The molecule has 0 aromatic heterocycles. The topological polar surface area (TPSA) is 44.7 Å². The van der Waals surface area contributed by atoms with Crippen LogP contribution in [0.4, 0.5) is 10.1 Å².